The van der Waals surface area contributed by atoms with Crippen LogP contribution in [0, 0.1) is 11.7 Å². The molecule has 2 N–H and O–H groups in total. The fraction of sp³-hybridized carbons (Fsp3) is 0.429. The van der Waals surface area contributed by atoms with Crippen LogP contribution in [0.3, 0.4) is 0 Å². The first-order valence-corrected chi connectivity index (χ1v) is 6.37. The minimum absolute atomic E-state index is 0.227. The molecule has 0 aliphatic rings. The number of aromatic nitrogens is 2. The molecule has 0 unspecified atom stereocenters. The van der Waals surface area contributed by atoms with E-state index in [1.54, 1.807) is 12.1 Å². The maximum atomic E-state index is 12.8. The van der Waals surface area contributed by atoms with Crippen LogP contribution in [0.4, 0.5) is 4.39 Å². The second-order valence-corrected chi connectivity index (χ2v) is 5.09. The Morgan fingerprint density at radius 3 is 2.58 bits per heavy atom. The summed E-state index contributed by atoms with van der Waals surface area (Å²) in [4.78, 5) is 4.28. The molecule has 1 atom stereocenters. The fourth-order valence-electron chi connectivity index (χ4n) is 1.88. The van der Waals surface area contributed by atoms with E-state index in [0.29, 0.717) is 24.1 Å². The zero-order chi connectivity index (χ0) is 13.8. The van der Waals surface area contributed by atoms with E-state index in [0.717, 1.165) is 12.0 Å². The number of benzene rings is 1. The van der Waals surface area contributed by atoms with E-state index in [4.69, 9.17) is 10.3 Å². The highest BCUT2D eigenvalue weighted by Crippen LogP contribution is 2.17. The largest absolute Gasteiger partial charge is 0.338 e. The zero-order valence-electron chi connectivity index (χ0n) is 11.1. The van der Waals surface area contributed by atoms with Crippen molar-refractivity contribution in [2.24, 2.45) is 11.7 Å². The number of rotatable bonds is 5. The monoisotopic (exact) mass is 263 g/mol. The third-order valence-corrected chi connectivity index (χ3v) is 2.80. The van der Waals surface area contributed by atoms with Gasteiger partial charge in [-0.25, -0.2) is 4.39 Å². The van der Waals surface area contributed by atoms with Gasteiger partial charge in [-0.3, -0.25) is 0 Å². The van der Waals surface area contributed by atoms with Gasteiger partial charge in [-0.15, -0.1) is 0 Å². The minimum Gasteiger partial charge on any atom is -0.338 e. The molecule has 2 rings (SSSR count). The van der Waals surface area contributed by atoms with Gasteiger partial charge in [0.15, 0.2) is 5.82 Å². The van der Waals surface area contributed by atoms with Crippen molar-refractivity contribution >= 4 is 0 Å². The zero-order valence-corrected chi connectivity index (χ0v) is 11.1. The Morgan fingerprint density at radius 2 is 1.95 bits per heavy atom. The highest BCUT2D eigenvalue weighted by atomic mass is 19.1. The molecule has 0 fully saturated rings. The number of halogens is 1. The van der Waals surface area contributed by atoms with Gasteiger partial charge < -0.3 is 10.3 Å². The molecular formula is C14H18FN3O. The fourth-order valence-corrected chi connectivity index (χ4v) is 1.88. The number of nitrogens with two attached hydrogens (primary N) is 1. The minimum atomic E-state index is -0.253. The summed E-state index contributed by atoms with van der Waals surface area (Å²) in [6, 6.07) is 6.02. The van der Waals surface area contributed by atoms with Crippen LogP contribution in [0.1, 0.15) is 43.6 Å². The molecule has 1 aromatic heterocycles. The van der Waals surface area contributed by atoms with Crippen LogP contribution < -0.4 is 5.73 Å². The predicted molar refractivity (Wildman–Crippen MR) is 69.9 cm³/mol. The molecule has 0 bridgehead atoms. The van der Waals surface area contributed by atoms with Crippen molar-refractivity contribution in [3.63, 3.8) is 0 Å². The molecule has 0 saturated heterocycles. The Bertz CT molecular complexity index is 522. The summed E-state index contributed by atoms with van der Waals surface area (Å²) in [5.41, 5.74) is 6.91. The van der Waals surface area contributed by atoms with Gasteiger partial charge in [0.1, 0.15) is 5.82 Å². The molecule has 1 heterocycles. The first kappa shape index (κ1) is 13.7. The second-order valence-electron chi connectivity index (χ2n) is 5.09. The average Bonchev–Trinajstić information content (AvgIpc) is 2.80. The van der Waals surface area contributed by atoms with Crippen LogP contribution in [-0.4, -0.2) is 10.1 Å². The van der Waals surface area contributed by atoms with E-state index >= 15 is 0 Å². The lowest BCUT2D eigenvalue weighted by atomic mass is 10.0. The molecule has 2 aromatic rings. The van der Waals surface area contributed by atoms with Gasteiger partial charge in [0.25, 0.3) is 0 Å². The summed E-state index contributed by atoms with van der Waals surface area (Å²) in [5.74, 6) is 1.26. The summed E-state index contributed by atoms with van der Waals surface area (Å²) >= 11 is 0. The van der Waals surface area contributed by atoms with Gasteiger partial charge in [-0.05, 0) is 30.0 Å². The molecule has 19 heavy (non-hydrogen) atoms. The molecule has 0 saturated carbocycles. The first-order valence-electron chi connectivity index (χ1n) is 6.37. The summed E-state index contributed by atoms with van der Waals surface area (Å²) in [5, 5.41) is 3.90. The molecule has 5 heteroatoms. The lowest BCUT2D eigenvalue weighted by Crippen LogP contribution is -2.13. The van der Waals surface area contributed by atoms with E-state index in [9.17, 15) is 4.39 Å². The SMILES string of the molecule is CC(C)C[C@H](N)c1nc(Cc2ccc(F)cc2)no1. The van der Waals surface area contributed by atoms with Gasteiger partial charge in [-0.1, -0.05) is 31.1 Å². The standard InChI is InChI=1S/C14H18FN3O/c1-9(2)7-12(16)14-17-13(18-19-14)8-10-3-5-11(15)6-4-10/h3-6,9,12H,7-8,16H2,1-2H3/t12-/m0/s1. The summed E-state index contributed by atoms with van der Waals surface area (Å²) in [6.07, 6.45) is 1.32. The Morgan fingerprint density at radius 1 is 1.26 bits per heavy atom. The van der Waals surface area contributed by atoms with E-state index in [1.807, 2.05) is 0 Å². The average molecular weight is 263 g/mol. The summed E-state index contributed by atoms with van der Waals surface area (Å²) in [6.45, 7) is 4.19. The number of hydrogen-bond acceptors (Lipinski definition) is 4. The van der Waals surface area contributed by atoms with Crippen LogP contribution in [0.25, 0.3) is 0 Å². The Hall–Kier alpha value is -1.75. The Kier molecular flexibility index (Phi) is 4.27. The van der Waals surface area contributed by atoms with Gasteiger partial charge >= 0.3 is 0 Å². The van der Waals surface area contributed by atoms with Gasteiger partial charge in [0, 0.05) is 6.42 Å². The van der Waals surface area contributed by atoms with Crippen LogP contribution >= 0.6 is 0 Å². The quantitative estimate of drug-likeness (QED) is 0.900. The first-order chi connectivity index (χ1) is 9.04. The molecule has 0 aliphatic heterocycles. The lowest BCUT2D eigenvalue weighted by Gasteiger charge is -2.08. The van der Waals surface area contributed by atoms with Crippen molar-refractivity contribution in [2.45, 2.75) is 32.7 Å². The Balaban J connectivity index is 2.02. The van der Waals surface area contributed by atoms with Crippen molar-refractivity contribution in [3.05, 3.63) is 47.4 Å². The smallest absolute Gasteiger partial charge is 0.243 e. The summed E-state index contributed by atoms with van der Waals surface area (Å²) < 4.78 is 18.0. The topological polar surface area (TPSA) is 64.9 Å². The lowest BCUT2D eigenvalue weighted by molar-refractivity contribution is 0.333. The van der Waals surface area contributed by atoms with Gasteiger partial charge in [-0.2, -0.15) is 4.98 Å². The van der Waals surface area contributed by atoms with Crippen molar-refractivity contribution in [2.75, 3.05) is 0 Å². The second kappa shape index (κ2) is 5.93. The molecule has 0 aliphatic carbocycles. The molecule has 102 valence electrons. The third-order valence-electron chi connectivity index (χ3n) is 2.80. The molecule has 0 radical (unpaired) electrons. The van der Waals surface area contributed by atoms with Crippen molar-refractivity contribution < 1.29 is 8.91 Å². The van der Waals surface area contributed by atoms with Gasteiger partial charge in [0.05, 0.1) is 6.04 Å². The maximum absolute atomic E-state index is 12.8. The molecule has 1 aromatic carbocycles. The van der Waals surface area contributed by atoms with E-state index in [-0.39, 0.29) is 11.9 Å². The van der Waals surface area contributed by atoms with E-state index in [2.05, 4.69) is 24.0 Å². The Labute approximate surface area is 111 Å². The molecular weight excluding hydrogens is 245 g/mol. The number of hydrogen-bond donors (Lipinski definition) is 1. The highest BCUT2D eigenvalue weighted by molar-refractivity contribution is 5.19. The van der Waals surface area contributed by atoms with E-state index in [1.165, 1.54) is 12.1 Å². The number of nitrogens with zero attached hydrogens (tertiary/aromatic N) is 2. The van der Waals surface area contributed by atoms with Crippen LogP contribution in [0.5, 0.6) is 0 Å². The van der Waals surface area contributed by atoms with Crippen LogP contribution in [-0.2, 0) is 6.42 Å². The summed E-state index contributed by atoms with van der Waals surface area (Å²) in [7, 11) is 0. The highest BCUT2D eigenvalue weighted by Gasteiger charge is 2.16. The molecule has 4 nitrogen and oxygen atoms in total. The van der Waals surface area contributed by atoms with Crippen LogP contribution in [0.2, 0.25) is 0 Å². The van der Waals surface area contributed by atoms with Gasteiger partial charge in [0.2, 0.25) is 5.89 Å². The van der Waals surface area contributed by atoms with Crippen molar-refractivity contribution in [3.8, 4) is 0 Å². The third kappa shape index (κ3) is 3.86. The maximum Gasteiger partial charge on any atom is 0.243 e. The molecule has 0 spiro atoms. The molecule has 0 amide bonds. The van der Waals surface area contributed by atoms with Crippen molar-refractivity contribution in [1.82, 2.24) is 10.1 Å². The van der Waals surface area contributed by atoms with Crippen molar-refractivity contribution in [1.29, 1.82) is 0 Å². The van der Waals surface area contributed by atoms with Crippen LogP contribution in [0.15, 0.2) is 28.8 Å². The normalized spacial score (nSPS) is 12.9. The van der Waals surface area contributed by atoms with E-state index < -0.39 is 0 Å². The predicted octanol–water partition coefficient (Wildman–Crippen LogP) is 2.85.